The molecule has 94 valence electrons. The van der Waals surface area contributed by atoms with Gasteiger partial charge in [-0.05, 0) is 37.3 Å². The van der Waals surface area contributed by atoms with Crippen LogP contribution in [0.3, 0.4) is 0 Å². The highest BCUT2D eigenvalue weighted by molar-refractivity contribution is 5.91. The Kier molecular flexibility index (Phi) is 7.52. The number of ether oxygens (including phenoxy) is 2. The molecule has 0 radical (unpaired) electrons. The third-order valence-electron chi connectivity index (χ3n) is 1.93. The molecule has 0 spiro atoms. The molecular formula is C14H20O3. The van der Waals surface area contributed by atoms with Crippen molar-refractivity contribution in [3.63, 3.8) is 0 Å². The molecule has 0 N–H and O–H groups in total. The van der Waals surface area contributed by atoms with Gasteiger partial charge in [-0.15, -0.1) is 0 Å². The molecule has 0 aliphatic carbocycles. The number of ketones is 1. The zero-order valence-electron chi connectivity index (χ0n) is 11.1. The standard InChI is InChI=1S/C12H14O3.C2H6/c1-9(13)4-5-10-8-11(14-2)6-7-12(10)15-3;1-2/h4-8H,1-3H3;1-2H3/b5-4+;. The van der Waals surface area contributed by atoms with Gasteiger partial charge >= 0.3 is 0 Å². The molecule has 3 heteroatoms. The molecular weight excluding hydrogens is 216 g/mol. The molecule has 0 unspecified atom stereocenters. The van der Waals surface area contributed by atoms with E-state index in [1.54, 1.807) is 26.4 Å². The van der Waals surface area contributed by atoms with Gasteiger partial charge in [-0.1, -0.05) is 13.8 Å². The summed E-state index contributed by atoms with van der Waals surface area (Å²) in [5.74, 6) is 1.45. The summed E-state index contributed by atoms with van der Waals surface area (Å²) in [6.07, 6.45) is 3.21. The Bertz CT molecular complexity index is 381. The molecule has 0 aliphatic rings. The average Bonchev–Trinajstić information content (AvgIpc) is 2.38. The zero-order chi connectivity index (χ0) is 13.3. The monoisotopic (exact) mass is 236 g/mol. The molecule has 1 aromatic rings. The molecule has 0 bridgehead atoms. The summed E-state index contributed by atoms with van der Waals surface area (Å²) >= 11 is 0. The van der Waals surface area contributed by atoms with Crippen molar-refractivity contribution in [2.75, 3.05) is 14.2 Å². The molecule has 0 heterocycles. The molecule has 3 nitrogen and oxygen atoms in total. The Balaban J connectivity index is 0.00000121. The van der Waals surface area contributed by atoms with Crippen LogP contribution in [-0.2, 0) is 4.79 Å². The van der Waals surface area contributed by atoms with E-state index in [2.05, 4.69) is 0 Å². The Hall–Kier alpha value is -1.77. The van der Waals surface area contributed by atoms with Gasteiger partial charge in [0.25, 0.3) is 0 Å². The molecule has 1 aromatic carbocycles. The lowest BCUT2D eigenvalue weighted by Crippen LogP contribution is -1.90. The maximum absolute atomic E-state index is 10.8. The maximum Gasteiger partial charge on any atom is 0.152 e. The summed E-state index contributed by atoms with van der Waals surface area (Å²) in [7, 11) is 3.19. The molecule has 17 heavy (non-hydrogen) atoms. The van der Waals surface area contributed by atoms with Crippen molar-refractivity contribution in [1.82, 2.24) is 0 Å². The molecule has 0 aliphatic heterocycles. The fourth-order valence-corrected chi connectivity index (χ4v) is 1.18. The van der Waals surface area contributed by atoms with Crippen LogP contribution < -0.4 is 9.47 Å². The lowest BCUT2D eigenvalue weighted by atomic mass is 10.1. The highest BCUT2D eigenvalue weighted by Gasteiger charge is 2.01. The third-order valence-corrected chi connectivity index (χ3v) is 1.93. The van der Waals surface area contributed by atoms with E-state index in [9.17, 15) is 4.79 Å². The Morgan fingerprint density at radius 1 is 1.18 bits per heavy atom. The van der Waals surface area contributed by atoms with Crippen LogP contribution >= 0.6 is 0 Å². The minimum Gasteiger partial charge on any atom is -0.497 e. The van der Waals surface area contributed by atoms with Crippen LogP contribution in [0.1, 0.15) is 26.3 Å². The van der Waals surface area contributed by atoms with E-state index in [1.165, 1.54) is 13.0 Å². The minimum atomic E-state index is -0.000118. The maximum atomic E-state index is 10.8. The number of hydrogen-bond acceptors (Lipinski definition) is 3. The summed E-state index contributed by atoms with van der Waals surface area (Å²) in [6.45, 7) is 5.50. The second kappa shape index (κ2) is 8.39. The minimum absolute atomic E-state index is 0.000118. The van der Waals surface area contributed by atoms with Gasteiger partial charge in [0.05, 0.1) is 14.2 Å². The normalized spacial score (nSPS) is 9.47. The van der Waals surface area contributed by atoms with E-state index < -0.39 is 0 Å². The predicted molar refractivity (Wildman–Crippen MR) is 70.6 cm³/mol. The van der Waals surface area contributed by atoms with E-state index in [0.29, 0.717) is 5.75 Å². The SMILES string of the molecule is CC.COc1ccc(OC)c(/C=C/C(C)=O)c1. The van der Waals surface area contributed by atoms with Crippen molar-refractivity contribution in [3.05, 3.63) is 29.8 Å². The van der Waals surface area contributed by atoms with Crippen LogP contribution in [0.2, 0.25) is 0 Å². The number of carbonyl (C=O) groups is 1. The Labute approximate surface area is 103 Å². The number of carbonyl (C=O) groups excluding carboxylic acids is 1. The molecule has 1 rings (SSSR count). The van der Waals surface area contributed by atoms with Crippen LogP contribution in [-0.4, -0.2) is 20.0 Å². The number of hydrogen-bond donors (Lipinski definition) is 0. The summed E-state index contributed by atoms with van der Waals surface area (Å²) in [4.78, 5) is 10.8. The van der Waals surface area contributed by atoms with Crippen LogP contribution in [0.15, 0.2) is 24.3 Å². The first kappa shape index (κ1) is 15.2. The van der Waals surface area contributed by atoms with Gasteiger partial charge in [-0.2, -0.15) is 0 Å². The van der Waals surface area contributed by atoms with Crippen LogP contribution in [0.4, 0.5) is 0 Å². The van der Waals surface area contributed by atoms with E-state index >= 15 is 0 Å². The molecule has 0 aromatic heterocycles. The largest absolute Gasteiger partial charge is 0.497 e. The first-order chi connectivity index (χ1) is 8.17. The second-order valence-electron chi connectivity index (χ2n) is 3.05. The topological polar surface area (TPSA) is 35.5 Å². The fourth-order valence-electron chi connectivity index (χ4n) is 1.18. The van der Waals surface area contributed by atoms with Gasteiger partial charge in [-0.3, -0.25) is 4.79 Å². The van der Waals surface area contributed by atoms with Gasteiger partial charge in [0.2, 0.25) is 0 Å². The van der Waals surface area contributed by atoms with E-state index in [-0.39, 0.29) is 5.78 Å². The number of benzene rings is 1. The summed E-state index contributed by atoms with van der Waals surface area (Å²) in [5, 5.41) is 0. The van der Waals surface area contributed by atoms with Crippen molar-refractivity contribution in [2.24, 2.45) is 0 Å². The highest BCUT2D eigenvalue weighted by Crippen LogP contribution is 2.24. The summed E-state index contributed by atoms with van der Waals surface area (Å²) < 4.78 is 10.2. The van der Waals surface area contributed by atoms with Crippen molar-refractivity contribution >= 4 is 11.9 Å². The number of rotatable bonds is 4. The Morgan fingerprint density at radius 3 is 2.29 bits per heavy atom. The third kappa shape index (κ3) is 5.20. The van der Waals surface area contributed by atoms with Gasteiger partial charge in [-0.25, -0.2) is 0 Å². The quantitative estimate of drug-likeness (QED) is 0.752. The Morgan fingerprint density at radius 2 is 1.82 bits per heavy atom. The van der Waals surface area contributed by atoms with E-state index in [4.69, 9.17) is 9.47 Å². The van der Waals surface area contributed by atoms with Crippen LogP contribution in [0, 0.1) is 0 Å². The van der Waals surface area contributed by atoms with Crippen molar-refractivity contribution < 1.29 is 14.3 Å². The summed E-state index contributed by atoms with van der Waals surface area (Å²) in [5.41, 5.74) is 0.826. The summed E-state index contributed by atoms with van der Waals surface area (Å²) in [6, 6.07) is 5.43. The molecule has 0 atom stereocenters. The van der Waals surface area contributed by atoms with Gasteiger partial charge in [0.1, 0.15) is 11.5 Å². The number of allylic oxidation sites excluding steroid dienone is 1. The highest BCUT2D eigenvalue weighted by atomic mass is 16.5. The molecule has 0 saturated carbocycles. The molecule has 0 saturated heterocycles. The molecule has 0 amide bonds. The first-order valence-corrected chi connectivity index (χ1v) is 5.58. The zero-order valence-corrected chi connectivity index (χ0v) is 11.1. The number of methoxy groups -OCH3 is 2. The van der Waals surface area contributed by atoms with Gasteiger partial charge in [0, 0.05) is 5.56 Å². The predicted octanol–water partition coefficient (Wildman–Crippen LogP) is 3.33. The van der Waals surface area contributed by atoms with Crippen molar-refractivity contribution in [3.8, 4) is 11.5 Å². The lowest BCUT2D eigenvalue weighted by Gasteiger charge is -2.06. The van der Waals surface area contributed by atoms with E-state index in [1.807, 2.05) is 26.0 Å². The molecule has 0 fully saturated rings. The first-order valence-electron chi connectivity index (χ1n) is 5.58. The average molecular weight is 236 g/mol. The smallest absolute Gasteiger partial charge is 0.152 e. The second-order valence-corrected chi connectivity index (χ2v) is 3.05. The van der Waals surface area contributed by atoms with E-state index in [0.717, 1.165) is 11.3 Å². The van der Waals surface area contributed by atoms with Crippen LogP contribution in [0.25, 0.3) is 6.08 Å². The van der Waals surface area contributed by atoms with Crippen LogP contribution in [0.5, 0.6) is 11.5 Å². The van der Waals surface area contributed by atoms with Gasteiger partial charge < -0.3 is 9.47 Å². The van der Waals surface area contributed by atoms with Crippen molar-refractivity contribution in [1.29, 1.82) is 0 Å². The lowest BCUT2D eigenvalue weighted by molar-refractivity contribution is -0.112. The van der Waals surface area contributed by atoms with Crippen molar-refractivity contribution in [2.45, 2.75) is 20.8 Å². The fraction of sp³-hybridized carbons (Fsp3) is 0.357. The van der Waals surface area contributed by atoms with Gasteiger partial charge in [0.15, 0.2) is 5.78 Å².